The minimum Gasteiger partial charge on any atom is -0.492 e. The maximum atomic E-state index is 5.94. The molecule has 4 aromatic rings. The zero-order chi connectivity index (χ0) is 24.7. The van der Waals surface area contributed by atoms with Gasteiger partial charge in [-0.15, -0.1) is 10.2 Å². The first-order chi connectivity index (χ1) is 16.8. The van der Waals surface area contributed by atoms with Gasteiger partial charge >= 0.3 is 0 Å². The SMILES string of the molecule is CCOc1cc(-c2nnc(C)n2C)ccc1Nc1ncc2cc(C)nc(N3CC(C)(OC)C3)c2n1. The minimum atomic E-state index is -0.165. The molecule has 0 spiro atoms. The maximum absolute atomic E-state index is 5.94. The molecule has 1 fully saturated rings. The molecule has 1 saturated heterocycles. The highest BCUT2D eigenvalue weighted by Crippen LogP contribution is 2.35. The van der Waals surface area contributed by atoms with Crippen LogP contribution in [0.5, 0.6) is 5.75 Å². The molecule has 0 bridgehead atoms. The molecule has 0 unspecified atom stereocenters. The van der Waals surface area contributed by atoms with E-state index in [-0.39, 0.29) is 5.60 Å². The molecule has 0 radical (unpaired) electrons. The molecular weight excluding hydrogens is 444 g/mol. The highest BCUT2D eigenvalue weighted by atomic mass is 16.5. The highest BCUT2D eigenvalue weighted by molar-refractivity contribution is 5.90. The number of aryl methyl sites for hydroxylation is 2. The molecule has 1 aliphatic rings. The first-order valence-corrected chi connectivity index (χ1v) is 11.6. The lowest BCUT2D eigenvalue weighted by molar-refractivity contribution is -0.0170. The quantitative estimate of drug-likeness (QED) is 0.428. The van der Waals surface area contributed by atoms with Crippen molar-refractivity contribution in [3.05, 3.63) is 42.0 Å². The first-order valence-electron chi connectivity index (χ1n) is 11.6. The van der Waals surface area contributed by atoms with Gasteiger partial charge in [0.25, 0.3) is 0 Å². The summed E-state index contributed by atoms with van der Waals surface area (Å²) < 4.78 is 13.5. The molecule has 0 aliphatic carbocycles. The van der Waals surface area contributed by atoms with Gasteiger partial charge in [0.15, 0.2) is 11.6 Å². The zero-order valence-electron chi connectivity index (χ0n) is 21.0. The number of hydrogen-bond acceptors (Lipinski definition) is 9. The van der Waals surface area contributed by atoms with E-state index in [1.807, 2.05) is 62.8 Å². The van der Waals surface area contributed by atoms with Crippen molar-refractivity contribution < 1.29 is 9.47 Å². The monoisotopic (exact) mass is 474 g/mol. The van der Waals surface area contributed by atoms with E-state index in [9.17, 15) is 0 Å². The van der Waals surface area contributed by atoms with Crippen LogP contribution in [0.1, 0.15) is 25.4 Å². The molecule has 0 saturated carbocycles. The van der Waals surface area contributed by atoms with Crippen LogP contribution in [-0.4, -0.2) is 62.1 Å². The van der Waals surface area contributed by atoms with E-state index in [1.165, 1.54) is 0 Å². The van der Waals surface area contributed by atoms with Crippen LogP contribution in [0.3, 0.4) is 0 Å². The summed E-state index contributed by atoms with van der Waals surface area (Å²) in [4.78, 5) is 16.4. The zero-order valence-corrected chi connectivity index (χ0v) is 21.0. The first kappa shape index (κ1) is 23.0. The molecule has 10 nitrogen and oxygen atoms in total. The predicted molar refractivity (Wildman–Crippen MR) is 135 cm³/mol. The summed E-state index contributed by atoms with van der Waals surface area (Å²) in [7, 11) is 3.69. The number of nitrogens with one attached hydrogen (secondary N) is 1. The fraction of sp³-hybridized carbons (Fsp3) is 0.400. The van der Waals surface area contributed by atoms with Crippen molar-refractivity contribution in [1.82, 2.24) is 29.7 Å². The standard InChI is InChI=1S/C25H30N8O2/c1-7-35-20-11-17(22-31-30-16(3)32(22)5)8-9-19(20)28-24-26-12-18-10-15(2)27-23(21(18)29-24)33-13-25(4,14-33)34-6/h8-12H,7,13-14H2,1-6H3,(H,26,28,29). The number of rotatable bonds is 7. The second kappa shape index (κ2) is 8.77. The Morgan fingerprint density at radius 3 is 2.60 bits per heavy atom. The normalized spacial score (nSPS) is 14.7. The average Bonchev–Trinajstić information content (AvgIpc) is 3.16. The van der Waals surface area contributed by atoms with Crippen LogP contribution in [-0.2, 0) is 11.8 Å². The van der Waals surface area contributed by atoms with Crippen molar-refractivity contribution in [3.8, 4) is 17.1 Å². The molecule has 1 aromatic carbocycles. The lowest BCUT2D eigenvalue weighted by Gasteiger charge is -2.47. The summed E-state index contributed by atoms with van der Waals surface area (Å²) in [6.45, 7) is 10.0. The third kappa shape index (κ3) is 4.25. The van der Waals surface area contributed by atoms with Crippen LogP contribution < -0.4 is 15.0 Å². The van der Waals surface area contributed by atoms with Crippen LogP contribution in [0.2, 0.25) is 0 Å². The van der Waals surface area contributed by atoms with Crippen molar-refractivity contribution in [1.29, 1.82) is 0 Å². The lowest BCUT2D eigenvalue weighted by atomic mass is 9.96. The molecule has 10 heteroatoms. The Kier molecular flexibility index (Phi) is 5.76. The molecule has 35 heavy (non-hydrogen) atoms. The van der Waals surface area contributed by atoms with Gasteiger partial charge in [-0.05, 0) is 52.0 Å². The summed E-state index contributed by atoms with van der Waals surface area (Å²) >= 11 is 0. The molecule has 1 N–H and O–H groups in total. The number of methoxy groups -OCH3 is 1. The van der Waals surface area contributed by atoms with Crippen LogP contribution in [0.25, 0.3) is 22.3 Å². The third-order valence-electron chi connectivity index (χ3n) is 6.40. The van der Waals surface area contributed by atoms with Gasteiger partial charge in [0.05, 0.1) is 31.0 Å². The van der Waals surface area contributed by atoms with Crippen LogP contribution in [0.15, 0.2) is 30.5 Å². The Morgan fingerprint density at radius 1 is 1.11 bits per heavy atom. The molecule has 3 aromatic heterocycles. The fourth-order valence-electron chi connectivity index (χ4n) is 4.29. The van der Waals surface area contributed by atoms with E-state index < -0.39 is 0 Å². The molecule has 1 aliphatic heterocycles. The topological polar surface area (TPSA) is 103 Å². The van der Waals surface area contributed by atoms with Crippen molar-refractivity contribution in [2.45, 2.75) is 33.3 Å². The number of hydrogen-bond donors (Lipinski definition) is 1. The van der Waals surface area contributed by atoms with Crippen LogP contribution >= 0.6 is 0 Å². The van der Waals surface area contributed by atoms with Crippen molar-refractivity contribution in [2.24, 2.45) is 7.05 Å². The van der Waals surface area contributed by atoms with E-state index in [4.69, 9.17) is 19.4 Å². The molecule has 0 atom stereocenters. The lowest BCUT2D eigenvalue weighted by Crippen LogP contribution is -2.61. The second-order valence-corrected chi connectivity index (χ2v) is 9.13. The number of pyridine rings is 1. The molecule has 182 valence electrons. The molecular formula is C25H30N8O2. The Morgan fingerprint density at radius 2 is 1.91 bits per heavy atom. The van der Waals surface area contributed by atoms with E-state index in [2.05, 4.69) is 32.3 Å². The van der Waals surface area contributed by atoms with E-state index in [1.54, 1.807) is 7.11 Å². The molecule has 5 rings (SSSR count). The summed E-state index contributed by atoms with van der Waals surface area (Å²) in [6, 6.07) is 7.89. The van der Waals surface area contributed by atoms with Gasteiger partial charge in [0.1, 0.15) is 17.1 Å². The van der Waals surface area contributed by atoms with Gasteiger partial charge in [0, 0.05) is 37.0 Å². The van der Waals surface area contributed by atoms with E-state index >= 15 is 0 Å². The van der Waals surface area contributed by atoms with Gasteiger partial charge in [-0.1, -0.05) is 0 Å². The predicted octanol–water partition coefficient (Wildman–Crippen LogP) is 3.80. The summed E-state index contributed by atoms with van der Waals surface area (Å²) in [6.07, 6.45) is 1.83. The van der Waals surface area contributed by atoms with Gasteiger partial charge in [-0.3, -0.25) is 0 Å². The minimum absolute atomic E-state index is 0.165. The maximum Gasteiger partial charge on any atom is 0.227 e. The fourth-order valence-corrected chi connectivity index (χ4v) is 4.29. The number of fused-ring (bicyclic) bond motifs is 1. The number of nitrogens with zero attached hydrogens (tertiary/aromatic N) is 7. The van der Waals surface area contributed by atoms with Crippen molar-refractivity contribution in [2.75, 3.05) is 37.0 Å². The largest absolute Gasteiger partial charge is 0.492 e. The Labute approximate surface area is 204 Å². The van der Waals surface area contributed by atoms with E-state index in [0.717, 1.165) is 58.4 Å². The number of anilines is 3. The average molecular weight is 475 g/mol. The van der Waals surface area contributed by atoms with E-state index in [0.29, 0.717) is 18.3 Å². The van der Waals surface area contributed by atoms with Crippen LogP contribution in [0, 0.1) is 13.8 Å². The smallest absolute Gasteiger partial charge is 0.227 e. The van der Waals surface area contributed by atoms with Gasteiger partial charge < -0.3 is 24.3 Å². The summed E-state index contributed by atoms with van der Waals surface area (Å²) in [5.41, 5.74) is 3.25. The van der Waals surface area contributed by atoms with Crippen molar-refractivity contribution in [3.63, 3.8) is 0 Å². The van der Waals surface area contributed by atoms with Gasteiger partial charge in [0.2, 0.25) is 5.95 Å². The Balaban J connectivity index is 1.49. The van der Waals surface area contributed by atoms with Gasteiger partial charge in [-0.2, -0.15) is 0 Å². The highest BCUT2D eigenvalue weighted by Gasteiger charge is 2.40. The number of aromatic nitrogens is 6. The summed E-state index contributed by atoms with van der Waals surface area (Å²) in [5, 5.41) is 12.7. The Bertz CT molecular complexity index is 1390. The van der Waals surface area contributed by atoms with Crippen LogP contribution in [0.4, 0.5) is 17.5 Å². The summed E-state index contributed by atoms with van der Waals surface area (Å²) in [5.74, 6) is 3.63. The molecule has 4 heterocycles. The number of ether oxygens (including phenoxy) is 2. The molecule has 0 amide bonds. The van der Waals surface area contributed by atoms with Gasteiger partial charge in [-0.25, -0.2) is 15.0 Å². The third-order valence-corrected chi connectivity index (χ3v) is 6.40. The second-order valence-electron chi connectivity index (χ2n) is 9.13. The number of benzene rings is 1. The van der Waals surface area contributed by atoms with Crippen molar-refractivity contribution >= 4 is 28.4 Å². The Hall–Kier alpha value is -3.79.